The molecule has 2 heterocycles. The van der Waals surface area contributed by atoms with E-state index in [2.05, 4.69) is 51.1 Å². The van der Waals surface area contributed by atoms with Gasteiger partial charge in [-0.15, -0.1) is 35.3 Å². The normalized spacial score (nSPS) is 16.3. The Balaban J connectivity index is 0.00000300. The zero-order chi connectivity index (χ0) is 19.9. The quantitative estimate of drug-likeness (QED) is 0.325. The summed E-state index contributed by atoms with van der Waals surface area (Å²) in [5, 5.41) is 9.74. The van der Waals surface area contributed by atoms with Gasteiger partial charge in [-0.25, -0.2) is 4.98 Å². The molecule has 1 aliphatic heterocycles. The minimum absolute atomic E-state index is 0. The number of aliphatic imine (C=N–C) groups is 1. The summed E-state index contributed by atoms with van der Waals surface area (Å²) in [5.74, 6) is 1.64. The molecule has 9 heteroatoms. The summed E-state index contributed by atoms with van der Waals surface area (Å²) in [5.41, 5.74) is 3.28. The number of nitrogens with zero attached hydrogens (tertiary/aromatic N) is 3. The molecule has 0 amide bonds. The van der Waals surface area contributed by atoms with Crippen molar-refractivity contribution in [2.45, 2.75) is 32.5 Å². The predicted octanol–water partition coefficient (Wildman–Crippen LogP) is 3.17. The molecule has 0 bridgehead atoms. The van der Waals surface area contributed by atoms with Crippen LogP contribution in [0.3, 0.4) is 0 Å². The number of hydrogen-bond acceptors (Lipinski definition) is 6. The summed E-state index contributed by atoms with van der Waals surface area (Å²) in [4.78, 5) is 10.9. The number of nitrogens with one attached hydrogen (secondary N) is 2. The standard InChI is InChI=1S/C20H29N5O2S.HI/c1-14-5-6-15(18(9-14)27-17-7-8-26-12-17)10-22-19(21-2)23-11-16-13-28-20(24-16)25(3)4;/h5-6,9,13,17H,7-8,10-12H2,1-4H3,(H2,21,22,23);1H. The summed E-state index contributed by atoms with van der Waals surface area (Å²) < 4.78 is 11.6. The highest BCUT2D eigenvalue weighted by Crippen LogP contribution is 2.24. The summed E-state index contributed by atoms with van der Waals surface area (Å²) in [7, 11) is 5.76. The Kier molecular flexibility index (Phi) is 9.44. The van der Waals surface area contributed by atoms with Crippen molar-refractivity contribution in [3.63, 3.8) is 0 Å². The van der Waals surface area contributed by atoms with Gasteiger partial charge in [0.25, 0.3) is 0 Å². The Morgan fingerprint density at radius 2 is 2.14 bits per heavy atom. The number of guanidine groups is 1. The Labute approximate surface area is 193 Å². The molecule has 1 aliphatic rings. The Bertz CT molecular complexity index is 806. The Morgan fingerprint density at radius 1 is 1.34 bits per heavy atom. The third kappa shape index (κ3) is 7.00. The lowest BCUT2D eigenvalue weighted by Crippen LogP contribution is -2.36. The van der Waals surface area contributed by atoms with E-state index >= 15 is 0 Å². The largest absolute Gasteiger partial charge is 0.488 e. The summed E-state index contributed by atoms with van der Waals surface area (Å²) in [6.45, 7) is 4.76. The number of aryl methyl sites for hydroxylation is 1. The zero-order valence-electron chi connectivity index (χ0n) is 17.4. The predicted molar refractivity (Wildman–Crippen MR) is 130 cm³/mol. The smallest absolute Gasteiger partial charge is 0.191 e. The van der Waals surface area contributed by atoms with E-state index in [1.54, 1.807) is 18.4 Å². The first-order valence-electron chi connectivity index (χ1n) is 9.45. The second kappa shape index (κ2) is 11.6. The fourth-order valence-corrected chi connectivity index (χ4v) is 3.62. The van der Waals surface area contributed by atoms with Gasteiger partial charge < -0.3 is 25.0 Å². The Hall–Kier alpha value is -1.59. The maximum atomic E-state index is 6.17. The van der Waals surface area contributed by atoms with Gasteiger partial charge in [0.15, 0.2) is 11.1 Å². The number of aromatic nitrogens is 1. The number of ether oxygens (including phenoxy) is 2. The number of rotatable bonds is 7. The summed E-state index contributed by atoms with van der Waals surface area (Å²) >= 11 is 1.63. The lowest BCUT2D eigenvalue weighted by molar-refractivity contribution is 0.140. The molecule has 0 radical (unpaired) electrons. The molecule has 29 heavy (non-hydrogen) atoms. The Morgan fingerprint density at radius 3 is 2.79 bits per heavy atom. The maximum Gasteiger partial charge on any atom is 0.191 e. The van der Waals surface area contributed by atoms with E-state index in [4.69, 9.17) is 9.47 Å². The molecule has 1 aromatic heterocycles. The molecule has 1 fully saturated rings. The van der Waals surface area contributed by atoms with Gasteiger partial charge in [-0.2, -0.15) is 0 Å². The van der Waals surface area contributed by atoms with Crippen LogP contribution in [-0.4, -0.2) is 51.4 Å². The first kappa shape index (κ1) is 23.7. The molecular weight excluding hydrogens is 501 g/mol. The van der Waals surface area contributed by atoms with Crippen molar-refractivity contribution in [3.05, 3.63) is 40.4 Å². The molecule has 0 spiro atoms. The van der Waals surface area contributed by atoms with Crippen LogP contribution >= 0.6 is 35.3 Å². The first-order valence-corrected chi connectivity index (χ1v) is 10.3. The van der Waals surface area contributed by atoms with Crippen LogP contribution in [0.5, 0.6) is 5.75 Å². The second-order valence-corrected chi connectivity index (χ2v) is 7.85. The van der Waals surface area contributed by atoms with Crippen LogP contribution in [0.1, 0.15) is 23.2 Å². The lowest BCUT2D eigenvalue weighted by atomic mass is 10.1. The van der Waals surface area contributed by atoms with E-state index < -0.39 is 0 Å². The average Bonchev–Trinajstić information content (AvgIpc) is 3.35. The molecule has 1 aromatic carbocycles. The third-order valence-electron chi connectivity index (χ3n) is 4.43. The molecule has 7 nitrogen and oxygen atoms in total. The SMILES string of the molecule is CN=C(NCc1csc(N(C)C)n1)NCc1ccc(C)cc1OC1CCOC1.I. The zero-order valence-corrected chi connectivity index (χ0v) is 20.5. The molecule has 160 valence electrons. The second-order valence-electron chi connectivity index (χ2n) is 7.01. The molecule has 1 saturated heterocycles. The molecule has 1 unspecified atom stereocenters. The van der Waals surface area contributed by atoms with Crippen LogP contribution in [-0.2, 0) is 17.8 Å². The van der Waals surface area contributed by atoms with Crippen LogP contribution in [0, 0.1) is 6.92 Å². The molecule has 1 atom stereocenters. The lowest BCUT2D eigenvalue weighted by Gasteiger charge is -2.18. The third-order valence-corrected chi connectivity index (χ3v) is 5.49. The van der Waals surface area contributed by atoms with Crippen molar-refractivity contribution in [2.24, 2.45) is 4.99 Å². The van der Waals surface area contributed by atoms with Crippen LogP contribution in [0.4, 0.5) is 5.13 Å². The van der Waals surface area contributed by atoms with Crippen molar-refractivity contribution >= 4 is 46.4 Å². The number of benzene rings is 1. The molecule has 2 aromatic rings. The van der Waals surface area contributed by atoms with Gasteiger partial charge in [0.05, 0.1) is 25.5 Å². The van der Waals surface area contributed by atoms with Crippen LogP contribution in [0.2, 0.25) is 0 Å². The van der Waals surface area contributed by atoms with Gasteiger partial charge in [0.1, 0.15) is 11.9 Å². The van der Waals surface area contributed by atoms with E-state index in [0.29, 0.717) is 19.7 Å². The molecule has 2 N–H and O–H groups in total. The van der Waals surface area contributed by atoms with Crippen LogP contribution in [0.15, 0.2) is 28.6 Å². The van der Waals surface area contributed by atoms with Gasteiger partial charge in [-0.3, -0.25) is 4.99 Å². The van der Waals surface area contributed by atoms with Crippen LogP contribution < -0.4 is 20.3 Å². The van der Waals surface area contributed by atoms with E-state index in [0.717, 1.165) is 41.1 Å². The van der Waals surface area contributed by atoms with Crippen molar-refractivity contribution in [3.8, 4) is 5.75 Å². The van der Waals surface area contributed by atoms with E-state index in [1.807, 2.05) is 19.0 Å². The van der Waals surface area contributed by atoms with Gasteiger partial charge in [0.2, 0.25) is 0 Å². The maximum absolute atomic E-state index is 6.17. The molecule has 3 rings (SSSR count). The monoisotopic (exact) mass is 531 g/mol. The summed E-state index contributed by atoms with van der Waals surface area (Å²) in [6, 6.07) is 6.29. The number of halogens is 1. The van der Waals surface area contributed by atoms with E-state index in [-0.39, 0.29) is 30.1 Å². The topological polar surface area (TPSA) is 71.0 Å². The van der Waals surface area contributed by atoms with E-state index in [9.17, 15) is 0 Å². The van der Waals surface area contributed by atoms with Crippen molar-refractivity contribution < 1.29 is 9.47 Å². The van der Waals surface area contributed by atoms with Gasteiger partial charge in [-0.05, 0) is 18.6 Å². The fraction of sp³-hybridized carbons (Fsp3) is 0.500. The highest BCUT2D eigenvalue weighted by molar-refractivity contribution is 14.0. The first-order chi connectivity index (χ1) is 13.5. The summed E-state index contributed by atoms with van der Waals surface area (Å²) in [6.07, 6.45) is 1.07. The fourth-order valence-electron chi connectivity index (χ4n) is 2.86. The van der Waals surface area contributed by atoms with Gasteiger partial charge in [-0.1, -0.05) is 12.1 Å². The number of anilines is 1. The van der Waals surface area contributed by atoms with E-state index in [1.165, 1.54) is 5.56 Å². The van der Waals surface area contributed by atoms with Crippen molar-refractivity contribution in [1.29, 1.82) is 0 Å². The molecular formula is C20H30IN5O2S. The van der Waals surface area contributed by atoms with Crippen LogP contribution in [0.25, 0.3) is 0 Å². The highest BCUT2D eigenvalue weighted by atomic mass is 127. The van der Waals surface area contributed by atoms with Gasteiger partial charge >= 0.3 is 0 Å². The number of hydrogen-bond donors (Lipinski definition) is 2. The average molecular weight is 531 g/mol. The molecule has 0 saturated carbocycles. The minimum Gasteiger partial charge on any atom is -0.488 e. The van der Waals surface area contributed by atoms with Crippen molar-refractivity contribution in [1.82, 2.24) is 15.6 Å². The highest BCUT2D eigenvalue weighted by Gasteiger charge is 2.18. The van der Waals surface area contributed by atoms with Gasteiger partial charge in [0, 0.05) is 45.1 Å². The minimum atomic E-state index is 0. The van der Waals surface area contributed by atoms with Crippen molar-refractivity contribution in [2.75, 3.05) is 39.3 Å². The molecule has 0 aliphatic carbocycles. The number of thiazole rings is 1.